The molecule has 1 aromatic carbocycles. The van der Waals surface area contributed by atoms with E-state index in [-0.39, 0.29) is 5.82 Å². The maximum absolute atomic E-state index is 13.5. The van der Waals surface area contributed by atoms with E-state index < -0.39 is 5.91 Å². The first-order valence-corrected chi connectivity index (χ1v) is 8.06. The van der Waals surface area contributed by atoms with Crippen molar-refractivity contribution in [2.45, 2.75) is 34.2 Å². The number of halogens is 1. The molecule has 5 nitrogen and oxygen atoms in total. The highest BCUT2D eigenvalue weighted by atomic mass is 19.1. The number of imidazole rings is 1. The Balaban J connectivity index is 2.04. The predicted octanol–water partition coefficient (Wildman–Crippen LogP) is 3.42. The van der Waals surface area contributed by atoms with Crippen LogP contribution in [0.1, 0.15) is 38.4 Å². The van der Waals surface area contributed by atoms with Gasteiger partial charge in [0, 0.05) is 18.4 Å². The predicted molar refractivity (Wildman–Crippen MR) is 96.4 cm³/mol. The first-order chi connectivity index (χ1) is 11.8. The van der Waals surface area contributed by atoms with Gasteiger partial charge >= 0.3 is 0 Å². The molecule has 0 aliphatic heterocycles. The molecule has 2 heterocycles. The van der Waals surface area contributed by atoms with E-state index in [9.17, 15) is 9.18 Å². The Morgan fingerprint density at radius 1 is 1.20 bits per heavy atom. The van der Waals surface area contributed by atoms with Gasteiger partial charge in [0.25, 0.3) is 0 Å². The third-order valence-corrected chi connectivity index (χ3v) is 4.60. The molecule has 3 rings (SSSR count). The van der Waals surface area contributed by atoms with E-state index in [1.54, 1.807) is 12.3 Å². The molecule has 0 aliphatic carbocycles. The molecule has 0 unspecified atom stereocenters. The largest absolute Gasteiger partial charge is 0.378 e. The number of aryl methyl sites for hydroxylation is 4. The van der Waals surface area contributed by atoms with E-state index in [0.717, 1.165) is 39.4 Å². The summed E-state index contributed by atoms with van der Waals surface area (Å²) in [7, 11) is 0. The second kappa shape index (κ2) is 6.20. The highest BCUT2D eigenvalue weighted by Crippen LogP contribution is 2.24. The molecular formula is C19H21FN4O. The van der Waals surface area contributed by atoms with Crippen molar-refractivity contribution in [3.8, 4) is 0 Å². The molecule has 2 aromatic heterocycles. The number of carbonyl (C=O) groups excluding carboxylic acids is 1. The molecule has 6 heteroatoms. The number of pyridine rings is 1. The van der Waals surface area contributed by atoms with E-state index in [1.165, 1.54) is 12.1 Å². The number of rotatable bonds is 4. The van der Waals surface area contributed by atoms with Gasteiger partial charge in [0.15, 0.2) is 5.65 Å². The van der Waals surface area contributed by atoms with Gasteiger partial charge in [0.2, 0.25) is 5.91 Å². The molecule has 25 heavy (non-hydrogen) atoms. The van der Waals surface area contributed by atoms with Crippen LogP contribution in [-0.4, -0.2) is 15.3 Å². The number of hydrogen-bond donors (Lipinski definition) is 2. The molecule has 1 amide bonds. The Labute approximate surface area is 145 Å². The minimum absolute atomic E-state index is 0.239. The van der Waals surface area contributed by atoms with Gasteiger partial charge < -0.3 is 15.5 Å². The van der Waals surface area contributed by atoms with Crippen molar-refractivity contribution in [1.82, 2.24) is 9.38 Å². The highest BCUT2D eigenvalue weighted by Gasteiger charge is 2.14. The van der Waals surface area contributed by atoms with Crippen molar-refractivity contribution in [3.63, 3.8) is 0 Å². The topological polar surface area (TPSA) is 72.4 Å². The van der Waals surface area contributed by atoms with Crippen molar-refractivity contribution in [2.75, 3.05) is 5.32 Å². The minimum Gasteiger partial charge on any atom is -0.378 e. The minimum atomic E-state index is -0.496. The smallest absolute Gasteiger partial charge is 0.250 e. The van der Waals surface area contributed by atoms with Gasteiger partial charge in [-0.2, -0.15) is 0 Å². The number of amides is 1. The Bertz CT molecular complexity index is 968. The highest BCUT2D eigenvalue weighted by molar-refractivity contribution is 5.94. The van der Waals surface area contributed by atoms with Gasteiger partial charge in [-0.3, -0.25) is 4.79 Å². The Morgan fingerprint density at radius 3 is 2.44 bits per heavy atom. The van der Waals surface area contributed by atoms with Crippen molar-refractivity contribution >= 4 is 17.2 Å². The molecule has 0 spiro atoms. The second-order valence-electron chi connectivity index (χ2n) is 6.35. The summed E-state index contributed by atoms with van der Waals surface area (Å²) >= 11 is 0. The lowest BCUT2D eigenvalue weighted by Gasteiger charge is -2.14. The molecule has 0 fully saturated rings. The molecule has 3 aromatic rings. The van der Waals surface area contributed by atoms with Crippen LogP contribution in [-0.2, 0) is 6.54 Å². The number of aromatic nitrogens is 2. The van der Waals surface area contributed by atoms with E-state index in [4.69, 9.17) is 5.73 Å². The Kier molecular flexibility index (Phi) is 4.20. The fourth-order valence-corrected chi connectivity index (χ4v) is 3.04. The molecule has 0 aliphatic rings. The first kappa shape index (κ1) is 17.0. The van der Waals surface area contributed by atoms with Crippen molar-refractivity contribution < 1.29 is 9.18 Å². The van der Waals surface area contributed by atoms with Gasteiger partial charge in [0.1, 0.15) is 5.82 Å². The number of primary amides is 1. The Hall–Kier alpha value is -2.89. The first-order valence-electron chi connectivity index (χ1n) is 8.06. The standard InChI is InChI=1S/C19H21FN4O/c1-10-5-15(20)6-11(2)16(10)8-22-17-7-14(18(21)25)9-24-13(4)12(3)23-19(17)24/h5-7,9,22H,8H2,1-4H3,(H2,21,25). The second-order valence-corrected chi connectivity index (χ2v) is 6.35. The molecule has 0 saturated carbocycles. The number of nitrogens with two attached hydrogens (primary N) is 1. The molecule has 0 atom stereocenters. The lowest BCUT2D eigenvalue weighted by atomic mass is 10.0. The number of hydrogen-bond acceptors (Lipinski definition) is 3. The monoisotopic (exact) mass is 340 g/mol. The van der Waals surface area contributed by atoms with Crippen molar-refractivity contribution in [3.05, 3.63) is 63.9 Å². The van der Waals surface area contributed by atoms with Gasteiger partial charge in [-0.05, 0) is 62.6 Å². The summed E-state index contributed by atoms with van der Waals surface area (Å²) in [5.74, 6) is -0.735. The maximum atomic E-state index is 13.5. The summed E-state index contributed by atoms with van der Waals surface area (Å²) in [5.41, 5.74) is 11.9. The number of carbonyl (C=O) groups is 1. The van der Waals surface area contributed by atoms with Gasteiger partial charge in [-0.15, -0.1) is 0 Å². The summed E-state index contributed by atoms with van der Waals surface area (Å²) in [5, 5.41) is 3.33. The Morgan fingerprint density at radius 2 is 1.84 bits per heavy atom. The third-order valence-electron chi connectivity index (χ3n) is 4.60. The molecule has 3 N–H and O–H groups in total. The van der Waals surface area contributed by atoms with Crippen LogP contribution in [0, 0.1) is 33.5 Å². The van der Waals surface area contributed by atoms with Crippen LogP contribution in [0.4, 0.5) is 10.1 Å². The molecular weight excluding hydrogens is 319 g/mol. The maximum Gasteiger partial charge on any atom is 0.250 e. The van der Waals surface area contributed by atoms with Crippen LogP contribution in [0.2, 0.25) is 0 Å². The fraction of sp³-hybridized carbons (Fsp3) is 0.263. The summed E-state index contributed by atoms with van der Waals surface area (Å²) < 4.78 is 15.3. The zero-order valence-corrected chi connectivity index (χ0v) is 14.8. The molecule has 0 radical (unpaired) electrons. The zero-order valence-electron chi connectivity index (χ0n) is 14.8. The number of benzene rings is 1. The lowest BCUT2D eigenvalue weighted by Crippen LogP contribution is -2.13. The van der Waals surface area contributed by atoms with Gasteiger partial charge in [-0.25, -0.2) is 9.37 Å². The van der Waals surface area contributed by atoms with Crippen LogP contribution in [0.25, 0.3) is 5.65 Å². The normalized spacial score (nSPS) is 11.1. The van der Waals surface area contributed by atoms with Crippen LogP contribution >= 0.6 is 0 Å². The van der Waals surface area contributed by atoms with Crippen molar-refractivity contribution in [2.24, 2.45) is 5.73 Å². The van der Waals surface area contributed by atoms with Crippen LogP contribution < -0.4 is 11.1 Å². The quantitative estimate of drug-likeness (QED) is 0.764. The lowest BCUT2D eigenvalue weighted by molar-refractivity contribution is 0.1000. The van der Waals surface area contributed by atoms with E-state index in [1.807, 2.05) is 32.1 Å². The van der Waals surface area contributed by atoms with Crippen LogP contribution in [0.5, 0.6) is 0 Å². The summed E-state index contributed by atoms with van der Waals surface area (Å²) in [6.07, 6.45) is 1.70. The average molecular weight is 340 g/mol. The van der Waals surface area contributed by atoms with Crippen LogP contribution in [0.3, 0.4) is 0 Å². The van der Waals surface area contributed by atoms with E-state index in [0.29, 0.717) is 12.1 Å². The summed E-state index contributed by atoms with van der Waals surface area (Å²) in [6, 6.07) is 4.74. The van der Waals surface area contributed by atoms with E-state index in [2.05, 4.69) is 10.3 Å². The van der Waals surface area contributed by atoms with Crippen molar-refractivity contribution in [1.29, 1.82) is 0 Å². The number of fused-ring (bicyclic) bond motifs is 1. The summed E-state index contributed by atoms with van der Waals surface area (Å²) in [6.45, 7) is 8.13. The van der Waals surface area contributed by atoms with Crippen LogP contribution in [0.15, 0.2) is 24.4 Å². The number of nitrogens with zero attached hydrogens (tertiary/aromatic N) is 2. The molecule has 0 saturated heterocycles. The van der Waals surface area contributed by atoms with Gasteiger partial charge in [0.05, 0.1) is 16.9 Å². The molecule has 0 bridgehead atoms. The fourth-order valence-electron chi connectivity index (χ4n) is 3.04. The molecule has 130 valence electrons. The van der Waals surface area contributed by atoms with Gasteiger partial charge in [-0.1, -0.05) is 0 Å². The summed E-state index contributed by atoms with van der Waals surface area (Å²) in [4.78, 5) is 16.2. The zero-order chi connectivity index (χ0) is 18.3. The third kappa shape index (κ3) is 3.07. The number of nitrogens with one attached hydrogen (secondary N) is 1. The SMILES string of the molecule is Cc1cc(F)cc(C)c1CNc1cc(C(N)=O)cn2c(C)c(C)nc12. The number of anilines is 1. The van der Waals surface area contributed by atoms with E-state index >= 15 is 0 Å². The average Bonchev–Trinajstić information content (AvgIpc) is 2.81.